The molecule has 11 nitrogen and oxygen atoms in total. The maximum Gasteiger partial charge on any atom is 0.360 e. The lowest BCUT2D eigenvalue weighted by atomic mass is 10.1. The molecule has 0 amide bonds. The van der Waals surface area contributed by atoms with Crippen LogP contribution in [0.25, 0.3) is 43.2 Å². The number of rotatable bonds is 7. The Morgan fingerprint density at radius 3 is 1.78 bits per heavy atom. The minimum atomic E-state index is -0.452. The fourth-order valence-electron chi connectivity index (χ4n) is 5.09. The summed E-state index contributed by atoms with van der Waals surface area (Å²) >= 11 is 3.44. The van der Waals surface area contributed by atoms with E-state index in [-0.39, 0.29) is 5.69 Å². The molecular weight excluding hydrogens is 694 g/mol. The molecule has 7 aromatic rings. The smallest absolute Gasteiger partial charge is 0.360 e. The van der Waals surface area contributed by atoms with Crippen LogP contribution in [0.4, 0.5) is 0 Å². The molecular formula is C38H36BrN9O2. The molecule has 0 saturated carbocycles. The highest BCUT2D eigenvalue weighted by Crippen LogP contribution is 2.18. The second-order valence-corrected chi connectivity index (χ2v) is 12.0. The first kappa shape index (κ1) is 35.6. The average molecular weight is 731 g/mol. The van der Waals surface area contributed by atoms with Crippen molar-refractivity contribution in [2.45, 2.75) is 46.1 Å². The topological polar surface area (TPSA) is 144 Å². The van der Waals surface area contributed by atoms with Crippen molar-refractivity contribution in [3.8, 4) is 0 Å². The normalized spacial score (nSPS) is 10.5. The van der Waals surface area contributed by atoms with Gasteiger partial charge in [-0.1, -0.05) is 62.7 Å². The third-order valence-corrected chi connectivity index (χ3v) is 8.16. The van der Waals surface area contributed by atoms with E-state index in [0.717, 1.165) is 60.9 Å². The van der Waals surface area contributed by atoms with Crippen molar-refractivity contribution in [2.24, 2.45) is 5.11 Å². The number of aryl methyl sites for hydroxylation is 3. The van der Waals surface area contributed by atoms with Crippen LogP contribution in [0.5, 0.6) is 0 Å². The van der Waals surface area contributed by atoms with Gasteiger partial charge in [-0.2, -0.15) is 0 Å². The largest absolute Gasteiger partial charge is 0.461 e. The monoisotopic (exact) mass is 729 g/mol. The lowest BCUT2D eigenvalue weighted by Crippen LogP contribution is -2.05. The minimum absolute atomic E-state index is 0.222. The van der Waals surface area contributed by atoms with Crippen LogP contribution in [-0.2, 0) is 23.2 Å². The van der Waals surface area contributed by atoms with Gasteiger partial charge in [0, 0.05) is 43.5 Å². The van der Waals surface area contributed by atoms with E-state index >= 15 is 0 Å². The number of carbonyl (C=O) groups is 1. The summed E-state index contributed by atoms with van der Waals surface area (Å²) in [5, 5.41) is 15.6. The molecule has 3 aromatic carbocycles. The van der Waals surface area contributed by atoms with Crippen molar-refractivity contribution in [1.29, 1.82) is 0 Å². The van der Waals surface area contributed by atoms with Crippen LogP contribution >= 0.6 is 15.9 Å². The number of esters is 1. The molecule has 7 rings (SSSR count). The number of fused-ring (bicyclic) bond motifs is 3. The number of hydrogen-bond acceptors (Lipinski definition) is 8. The van der Waals surface area contributed by atoms with Gasteiger partial charge in [-0.25, -0.2) is 9.48 Å². The summed E-state index contributed by atoms with van der Waals surface area (Å²) in [5.41, 5.74) is 17.9. The number of carbonyl (C=O) groups excluding carboxylic acids is 1. The number of benzene rings is 3. The van der Waals surface area contributed by atoms with Crippen molar-refractivity contribution < 1.29 is 9.53 Å². The van der Waals surface area contributed by atoms with Gasteiger partial charge in [-0.15, -0.1) is 5.10 Å². The molecule has 0 saturated heterocycles. The highest BCUT2D eigenvalue weighted by molar-refractivity contribution is 9.08. The summed E-state index contributed by atoms with van der Waals surface area (Å²) in [7, 11) is 0. The van der Waals surface area contributed by atoms with E-state index in [1.165, 1.54) is 10.9 Å². The van der Waals surface area contributed by atoms with Crippen LogP contribution < -0.4 is 0 Å². The molecule has 0 fully saturated rings. The predicted octanol–water partition coefficient (Wildman–Crippen LogP) is 9.15. The van der Waals surface area contributed by atoms with E-state index in [0.29, 0.717) is 19.7 Å². The van der Waals surface area contributed by atoms with Gasteiger partial charge in [0.2, 0.25) is 0 Å². The Labute approximate surface area is 298 Å². The van der Waals surface area contributed by atoms with Gasteiger partial charge in [-0.05, 0) is 105 Å². The number of pyridine rings is 3. The number of ether oxygens (including phenoxy) is 1. The molecule has 50 heavy (non-hydrogen) atoms. The van der Waals surface area contributed by atoms with Gasteiger partial charge < -0.3 is 4.74 Å². The standard InChI is InChI=1S/C16H16N4O2.C11H10BrN.C11H10N4/c1-3-22-16(21)15-10-20(19-18-15)9-12-5-7-14-13(8-12)6-4-11(2)17-14;1-8-2-4-10-6-9(7-12)3-5-11(10)13-8;1-8-2-4-10-6-9(7-13-15-12)3-5-11(10)14-8/h4-8,10H,3,9H2,1-2H3;2-6H,7H2,1H3;2-6H,7H2,1H3. The molecule has 0 aliphatic carbocycles. The van der Waals surface area contributed by atoms with Crippen LogP contribution in [-0.4, -0.2) is 42.5 Å². The van der Waals surface area contributed by atoms with Crippen LogP contribution in [0, 0.1) is 20.8 Å². The maximum atomic E-state index is 11.6. The first-order valence-electron chi connectivity index (χ1n) is 16.0. The van der Waals surface area contributed by atoms with Crippen LogP contribution in [0.3, 0.4) is 0 Å². The summed E-state index contributed by atoms with van der Waals surface area (Å²) in [6.45, 7) is 8.96. The molecule has 12 heteroatoms. The van der Waals surface area contributed by atoms with Crippen molar-refractivity contribution in [3.63, 3.8) is 0 Å². The summed E-state index contributed by atoms with van der Waals surface area (Å²) in [6.07, 6.45) is 1.59. The molecule has 0 N–H and O–H groups in total. The number of alkyl halides is 1. The van der Waals surface area contributed by atoms with E-state index in [9.17, 15) is 4.79 Å². The van der Waals surface area contributed by atoms with Crippen molar-refractivity contribution >= 4 is 54.6 Å². The zero-order chi connectivity index (χ0) is 35.5. The molecule has 4 heterocycles. The fraction of sp³-hybridized carbons (Fsp3) is 0.211. The zero-order valence-corrected chi connectivity index (χ0v) is 29.9. The Morgan fingerprint density at radius 2 is 1.26 bits per heavy atom. The molecule has 0 unspecified atom stereocenters. The zero-order valence-electron chi connectivity index (χ0n) is 28.3. The molecule has 0 aliphatic rings. The molecule has 0 atom stereocenters. The number of aromatic nitrogens is 6. The quantitative estimate of drug-likeness (QED) is 0.0523. The van der Waals surface area contributed by atoms with Gasteiger partial charge in [-0.3, -0.25) is 15.0 Å². The van der Waals surface area contributed by atoms with Gasteiger partial charge >= 0.3 is 5.97 Å². The number of halogens is 1. The first-order chi connectivity index (χ1) is 24.2. The lowest BCUT2D eigenvalue weighted by molar-refractivity contribution is 0.0519. The second kappa shape index (κ2) is 17.1. The number of azide groups is 1. The van der Waals surface area contributed by atoms with E-state index in [4.69, 9.17) is 10.3 Å². The fourth-order valence-corrected chi connectivity index (χ4v) is 5.43. The summed E-state index contributed by atoms with van der Waals surface area (Å²) < 4.78 is 6.52. The van der Waals surface area contributed by atoms with Gasteiger partial charge in [0.15, 0.2) is 5.69 Å². The predicted molar refractivity (Wildman–Crippen MR) is 200 cm³/mol. The summed E-state index contributed by atoms with van der Waals surface area (Å²) in [4.78, 5) is 27.6. The third kappa shape index (κ3) is 9.68. The Kier molecular flexibility index (Phi) is 12.2. The lowest BCUT2D eigenvalue weighted by Gasteiger charge is -2.04. The van der Waals surface area contributed by atoms with Crippen molar-refractivity contribution in [1.82, 2.24) is 29.9 Å². The van der Waals surface area contributed by atoms with Crippen molar-refractivity contribution in [3.05, 3.63) is 147 Å². The van der Waals surface area contributed by atoms with Crippen LogP contribution in [0.2, 0.25) is 0 Å². The number of hydrogen-bond donors (Lipinski definition) is 0. The number of nitrogens with zero attached hydrogens (tertiary/aromatic N) is 9. The molecule has 0 spiro atoms. The highest BCUT2D eigenvalue weighted by atomic mass is 79.9. The maximum absolute atomic E-state index is 11.6. The van der Waals surface area contributed by atoms with E-state index < -0.39 is 5.97 Å². The van der Waals surface area contributed by atoms with E-state index in [1.807, 2.05) is 81.4 Å². The second-order valence-electron chi connectivity index (χ2n) is 11.5. The molecule has 0 aliphatic heterocycles. The summed E-state index contributed by atoms with van der Waals surface area (Å²) in [5.74, 6) is -0.452. The summed E-state index contributed by atoms with van der Waals surface area (Å²) in [6, 6.07) is 30.5. The van der Waals surface area contributed by atoms with Gasteiger partial charge in [0.05, 0.1) is 42.4 Å². The Balaban J connectivity index is 0.000000152. The Hall–Kier alpha value is -5.71. The van der Waals surface area contributed by atoms with E-state index in [1.54, 1.807) is 17.8 Å². The van der Waals surface area contributed by atoms with Gasteiger partial charge in [0.25, 0.3) is 0 Å². The Morgan fingerprint density at radius 1 is 0.760 bits per heavy atom. The first-order valence-corrected chi connectivity index (χ1v) is 17.1. The van der Waals surface area contributed by atoms with Crippen LogP contribution in [0.1, 0.15) is 51.2 Å². The third-order valence-electron chi connectivity index (χ3n) is 7.52. The minimum Gasteiger partial charge on any atom is -0.461 e. The van der Waals surface area contributed by atoms with Crippen LogP contribution in [0.15, 0.2) is 102 Å². The molecule has 252 valence electrons. The van der Waals surface area contributed by atoms with Crippen molar-refractivity contribution in [2.75, 3.05) is 6.61 Å². The molecule has 0 bridgehead atoms. The SMILES string of the molecule is CCOC(=O)c1cn(Cc2ccc3nc(C)ccc3c2)nn1.Cc1ccc2cc(CBr)ccc2n1.Cc1ccc2cc(CN=[N+]=[N-])ccc2n1. The Bertz CT molecular complexity index is 2320. The van der Waals surface area contributed by atoms with Gasteiger partial charge in [0.1, 0.15) is 0 Å². The average Bonchev–Trinajstić information content (AvgIpc) is 3.60. The molecule has 4 aromatic heterocycles. The highest BCUT2D eigenvalue weighted by Gasteiger charge is 2.11. The molecule has 0 radical (unpaired) electrons. The van der Waals surface area contributed by atoms with E-state index in [2.05, 4.69) is 81.6 Å².